The zero-order chi connectivity index (χ0) is 18.8. The zero-order valence-electron chi connectivity index (χ0n) is 14.8. The fourth-order valence-electron chi connectivity index (χ4n) is 2.73. The highest BCUT2D eigenvalue weighted by Crippen LogP contribution is 2.36. The molecule has 1 amide bonds. The smallest absolute Gasteiger partial charge is 0.235 e. The lowest BCUT2D eigenvalue weighted by atomic mass is 10.2. The SMILES string of the molecule is Cc1cc(NC(=O)CSc2ncnc3sc(-c4ccccc4)cc23)n(C)n1. The Morgan fingerprint density at radius 1 is 1.22 bits per heavy atom. The van der Waals surface area contributed by atoms with E-state index in [0.29, 0.717) is 5.82 Å². The molecule has 0 aliphatic heterocycles. The average Bonchev–Trinajstić information content (AvgIpc) is 3.24. The van der Waals surface area contributed by atoms with E-state index in [1.165, 1.54) is 11.8 Å². The molecule has 3 aromatic heterocycles. The number of thioether (sulfide) groups is 1. The largest absolute Gasteiger partial charge is 0.310 e. The van der Waals surface area contributed by atoms with Crippen LogP contribution in [-0.4, -0.2) is 31.4 Å². The molecule has 8 heteroatoms. The second kappa shape index (κ2) is 7.50. The predicted octanol–water partition coefficient (Wildman–Crippen LogP) is 4.13. The first-order chi connectivity index (χ1) is 13.1. The van der Waals surface area contributed by atoms with E-state index in [1.807, 2.05) is 31.2 Å². The van der Waals surface area contributed by atoms with Gasteiger partial charge in [-0.05, 0) is 18.6 Å². The summed E-state index contributed by atoms with van der Waals surface area (Å²) in [6, 6.07) is 14.1. The molecule has 4 rings (SSSR count). The molecule has 3 heterocycles. The highest BCUT2D eigenvalue weighted by atomic mass is 32.2. The lowest BCUT2D eigenvalue weighted by molar-refractivity contribution is -0.113. The van der Waals surface area contributed by atoms with Gasteiger partial charge in [0.05, 0.1) is 11.4 Å². The van der Waals surface area contributed by atoms with Crippen molar-refractivity contribution in [1.82, 2.24) is 19.7 Å². The number of rotatable bonds is 5. The van der Waals surface area contributed by atoms with E-state index in [-0.39, 0.29) is 11.7 Å². The van der Waals surface area contributed by atoms with Crippen LogP contribution in [0.1, 0.15) is 5.69 Å². The van der Waals surface area contributed by atoms with Crippen LogP contribution in [0, 0.1) is 6.92 Å². The standard InChI is InChI=1S/C19H17N5OS2/c1-12-8-16(24(2)23-12)22-17(25)10-26-18-14-9-15(13-6-4-3-5-7-13)27-19(14)21-11-20-18/h3-9,11H,10H2,1-2H3,(H,22,25). The van der Waals surface area contributed by atoms with Crippen molar-refractivity contribution >= 4 is 45.0 Å². The molecule has 0 fully saturated rings. The normalized spacial score (nSPS) is 11.0. The number of hydrogen-bond donors (Lipinski definition) is 1. The summed E-state index contributed by atoms with van der Waals surface area (Å²) in [7, 11) is 1.81. The van der Waals surface area contributed by atoms with E-state index in [4.69, 9.17) is 0 Å². The van der Waals surface area contributed by atoms with Gasteiger partial charge in [-0.3, -0.25) is 9.48 Å². The summed E-state index contributed by atoms with van der Waals surface area (Å²) in [4.78, 5) is 23.1. The molecule has 4 aromatic rings. The molecule has 0 unspecified atom stereocenters. The fourth-order valence-corrected chi connectivity index (χ4v) is 4.58. The van der Waals surface area contributed by atoms with Gasteiger partial charge in [-0.2, -0.15) is 5.10 Å². The van der Waals surface area contributed by atoms with Gasteiger partial charge in [0.1, 0.15) is 22.0 Å². The lowest BCUT2D eigenvalue weighted by Gasteiger charge is -2.05. The van der Waals surface area contributed by atoms with E-state index >= 15 is 0 Å². The Labute approximate surface area is 164 Å². The fraction of sp³-hybridized carbons (Fsp3) is 0.158. The second-order valence-electron chi connectivity index (χ2n) is 6.01. The van der Waals surface area contributed by atoms with Gasteiger partial charge in [0, 0.05) is 23.4 Å². The molecule has 0 spiro atoms. The summed E-state index contributed by atoms with van der Waals surface area (Å²) in [5.74, 6) is 0.869. The lowest BCUT2D eigenvalue weighted by Crippen LogP contribution is -2.16. The molecule has 0 bridgehead atoms. The van der Waals surface area contributed by atoms with E-state index < -0.39 is 0 Å². The summed E-state index contributed by atoms with van der Waals surface area (Å²) in [6.07, 6.45) is 1.55. The third-order valence-corrected chi connectivity index (χ3v) is 6.06. The van der Waals surface area contributed by atoms with Crippen LogP contribution in [-0.2, 0) is 11.8 Å². The van der Waals surface area contributed by atoms with Crippen LogP contribution in [0.25, 0.3) is 20.7 Å². The number of fused-ring (bicyclic) bond motifs is 1. The Kier molecular flexibility index (Phi) is 4.91. The van der Waals surface area contributed by atoms with Crippen molar-refractivity contribution < 1.29 is 4.79 Å². The number of carbonyl (C=O) groups is 1. The van der Waals surface area contributed by atoms with Crippen LogP contribution in [0.4, 0.5) is 5.82 Å². The van der Waals surface area contributed by atoms with Crippen molar-refractivity contribution in [3.05, 3.63) is 54.5 Å². The minimum atomic E-state index is -0.0896. The number of hydrogen-bond acceptors (Lipinski definition) is 6. The number of aryl methyl sites for hydroxylation is 2. The molecule has 136 valence electrons. The minimum absolute atomic E-state index is 0.0896. The number of amides is 1. The number of nitrogens with one attached hydrogen (secondary N) is 1. The third-order valence-electron chi connectivity index (χ3n) is 3.96. The molecule has 0 saturated carbocycles. The minimum Gasteiger partial charge on any atom is -0.310 e. The number of thiophene rings is 1. The monoisotopic (exact) mass is 395 g/mol. The Bertz CT molecular complexity index is 1100. The van der Waals surface area contributed by atoms with Crippen LogP contribution < -0.4 is 5.32 Å². The first kappa shape index (κ1) is 17.7. The molecule has 0 saturated heterocycles. The van der Waals surface area contributed by atoms with Gasteiger partial charge in [-0.1, -0.05) is 42.1 Å². The Balaban J connectivity index is 1.51. The third kappa shape index (κ3) is 3.86. The van der Waals surface area contributed by atoms with Crippen LogP contribution in [0.3, 0.4) is 0 Å². The molecule has 0 aliphatic rings. The van der Waals surface area contributed by atoms with Gasteiger partial charge in [-0.25, -0.2) is 9.97 Å². The molecule has 0 atom stereocenters. The Morgan fingerprint density at radius 3 is 2.78 bits per heavy atom. The molecule has 1 N–H and O–H groups in total. The van der Waals surface area contributed by atoms with Crippen molar-refractivity contribution in [3.8, 4) is 10.4 Å². The van der Waals surface area contributed by atoms with Gasteiger partial charge in [0.2, 0.25) is 5.91 Å². The van der Waals surface area contributed by atoms with Gasteiger partial charge in [-0.15, -0.1) is 11.3 Å². The quantitative estimate of drug-likeness (QED) is 0.406. The first-order valence-corrected chi connectivity index (χ1v) is 10.1. The molecular formula is C19H17N5OS2. The summed E-state index contributed by atoms with van der Waals surface area (Å²) in [6.45, 7) is 1.89. The highest BCUT2D eigenvalue weighted by Gasteiger charge is 2.13. The molecule has 6 nitrogen and oxygen atoms in total. The molecular weight excluding hydrogens is 378 g/mol. The maximum atomic E-state index is 12.3. The van der Waals surface area contributed by atoms with E-state index in [2.05, 4.69) is 38.6 Å². The number of benzene rings is 1. The molecule has 0 aliphatic carbocycles. The van der Waals surface area contributed by atoms with Crippen molar-refractivity contribution in [2.75, 3.05) is 11.1 Å². The summed E-state index contributed by atoms with van der Waals surface area (Å²) in [5.41, 5.74) is 2.02. The van der Waals surface area contributed by atoms with Gasteiger partial charge < -0.3 is 5.32 Å². The average molecular weight is 396 g/mol. The highest BCUT2D eigenvalue weighted by molar-refractivity contribution is 8.00. The van der Waals surface area contributed by atoms with Crippen LogP contribution in [0.5, 0.6) is 0 Å². The number of nitrogens with zero attached hydrogens (tertiary/aromatic N) is 4. The van der Waals surface area contributed by atoms with Crippen molar-refractivity contribution in [2.45, 2.75) is 11.9 Å². The second-order valence-corrected chi connectivity index (χ2v) is 8.00. The zero-order valence-corrected chi connectivity index (χ0v) is 16.5. The van der Waals surface area contributed by atoms with Crippen LogP contribution >= 0.6 is 23.1 Å². The van der Waals surface area contributed by atoms with Crippen molar-refractivity contribution in [2.24, 2.45) is 7.05 Å². The maximum Gasteiger partial charge on any atom is 0.235 e. The number of aromatic nitrogens is 4. The number of anilines is 1. The van der Waals surface area contributed by atoms with Crippen LogP contribution in [0.15, 0.2) is 53.8 Å². The summed E-state index contributed by atoms with van der Waals surface area (Å²) < 4.78 is 1.66. The Morgan fingerprint density at radius 2 is 2.04 bits per heavy atom. The summed E-state index contributed by atoms with van der Waals surface area (Å²) >= 11 is 3.04. The van der Waals surface area contributed by atoms with Gasteiger partial charge in [0.25, 0.3) is 0 Å². The van der Waals surface area contributed by atoms with E-state index in [1.54, 1.807) is 29.4 Å². The molecule has 1 aromatic carbocycles. The summed E-state index contributed by atoms with van der Waals surface area (Å²) in [5, 5.41) is 8.91. The van der Waals surface area contributed by atoms with Gasteiger partial charge in [0.15, 0.2) is 0 Å². The maximum absolute atomic E-state index is 12.3. The predicted molar refractivity (Wildman–Crippen MR) is 110 cm³/mol. The van der Waals surface area contributed by atoms with E-state index in [9.17, 15) is 4.79 Å². The van der Waals surface area contributed by atoms with Gasteiger partial charge >= 0.3 is 0 Å². The van der Waals surface area contributed by atoms with Crippen LogP contribution in [0.2, 0.25) is 0 Å². The number of carbonyl (C=O) groups excluding carboxylic acids is 1. The Hall–Kier alpha value is -2.71. The van der Waals surface area contributed by atoms with Crippen molar-refractivity contribution in [1.29, 1.82) is 0 Å². The topological polar surface area (TPSA) is 72.7 Å². The molecule has 27 heavy (non-hydrogen) atoms. The molecule has 0 radical (unpaired) electrons. The first-order valence-electron chi connectivity index (χ1n) is 8.33. The van der Waals surface area contributed by atoms with Crippen molar-refractivity contribution in [3.63, 3.8) is 0 Å². The van der Waals surface area contributed by atoms with E-state index in [0.717, 1.165) is 31.4 Å².